The van der Waals surface area contributed by atoms with Crippen molar-refractivity contribution in [3.8, 4) is 0 Å². The Hall–Kier alpha value is -2.64. The highest BCUT2D eigenvalue weighted by molar-refractivity contribution is 5.96. The minimum Gasteiger partial charge on any atom is -0.348 e. The molecule has 0 radical (unpaired) electrons. The van der Waals surface area contributed by atoms with Crippen LogP contribution in [-0.4, -0.2) is 29.5 Å². The number of nitrogens with zero attached hydrogens (tertiary/aromatic N) is 1. The van der Waals surface area contributed by atoms with Gasteiger partial charge in [0, 0.05) is 24.7 Å². The second-order valence-corrected chi connectivity index (χ2v) is 6.12. The van der Waals surface area contributed by atoms with E-state index in [1.54, 1.807) is 13.8 Å². The van der Waals surface area contributed by atoms with Crippen molar-refractivity contribution < 1.29 is 22.8 Å². The number of pyridine rings is 1. The van der Waals surface area contributed by atoms with Crippen LogP contribution in [0.3, 0.4) is 0 Å². The zero-order valence-electron chi connectivity index (χ0n) is 14.5. The summed E-state index contributed by atoms with van der Waals surface area (Å²) in [4.78, 5) is 27.6. The monoisotopic (exact) mass is 367 g/mol. The van der Waals surface area contributed by atoms with E-state index in [1.165, 1.54) is 24.4 Å². The van der Waals surface area contributed by atoms with Crippen molar-refractivity contribution in [1.29, 1.82) is 0 Å². The van der Waals surface area contributed by atoms with Gasteiger partial charge in [0.15, 0.2) is 0 Å². The fourth-order valence-corrected chi connectivity index (χ4v) is 2.57. The molecule has 0 aliphatic heterocycles. The molecule has 0 saturated carbocycles. The van der Waals surface area contributed by atoms with E-state index in [4.69, 9.17) is 0 Å². The summed E-state index contributed by atoms with van der Waals surface area (Å²) in [6, 6.07) is 2.89. The van der Waals surface area contributed by atoms with Crippen molar-refractivity contribution in [2.24, 2.45) is 5.92 Å². The first kappa shape index (κ1) is 19.7. The summed E-state index contributed by atoms with van der Waals surface area (Å²) in [5.41, 5.74) is 0.0886. The number of nitrogens with one attached hydrogen (secondary N) is 2. The van der Waals surface area contributed by atoms with Crippen LogP contribution in [0.5, 0.6) is 0 Å². The number of carbonyl (C=O) groups is 2. The van der Waals surface area contributed by atoms with Crippen LogP contribution in [0.15, 0.2) is 41.6 Å². The van der Waals surface area contributed by atoms with Gasteiger partial charge in [-0.3, -0.25) is 9.59 Å². The molecule has 1 aromatic heterocycles. The Bertz CT molecular complexity index is 754. The number of carbonyl (C=O) groups excluding carboxylic acids is 2. The molecule has 26 heavy (non-hydrogen) atoms. The van der Waals surface area contributed by atoms with Gasteiger partial charge in [-0.25, -0.2) is 4.98 Å². The second-order valence-electron chi connectivity index (χ2n) is 6.12. The number of allylic oxidation sites excluding steroid dienone is 3. The van der Waals surface area contributed by atoms with Crippen molar-refractivity contribution in [3.63, 3.8) is 0 Å². The SMILES string of the molecule is CCC(=O)Nc1cc(C(=O)NCC2=CC(C(F)(F)F)=C[C@H](C)C2)ccn1. The summed E-state index contributed by atoms with van der Waals surface area (Å²) >= 11 is 0. The van der Waals surface area contributed by atoms with E-state index in [9.17, 15) is 22.8 Å². The van der Waals surface area contributed by atoms with E-state index in [1.807, 2.05) is 0 Å². The second kappa shape index (κ2) is 8.16. The Balaban J connectivity index is 2.02. The van der Waals surface area contributed by atoms with Crippen LogP contribution >= 0.6 is 0 Å². The highest BCUT2D eigenvalue weighted by atomic mass is 19.4. The maximum absolute atomic E-state index is 12.9. The Morgan fingerprint density at radius 1 is 1.35 bits per heavy atom. The fourth-order valence-electron chi connectivity index (χ4n) is 2.57. The predicted molar refractivity (Wildman–Crippen MR) is 91.5 cm³/mol. The van der Waals surface area contributed by atoms with E-state index in [2.05, 4.69) is 15.6 Å². The molecular formula is C18H20F3N3O2. The molecule has 0 aromatic carbocycles. The lowest BCUT2D eigenvalue weighted by atomic mass is 9.91. The van der Waals surface area contributed by atoms with Crippen LogP contribution in [0.25, 0.3) is 0 Å². The molecule has 1 aromatic rings. The molecule has 0 fully saturated rings. The van der Waals surface area contributed by atoms with Gasteiger partial charge in [0.1, 0.15) is 5.82 Å². The minimum atomic E-state index is -4.40. The van der Waals surface area contributed by atoms with Crippen molar-refractivity contribution in [3.05, 3.63) is 47.2 Å². The van der Waals surface area contributed by atoms with Crippen molar-refractivity contribution in [1.82, 2.24) is 10.3 Å². The van der Waals surface area contributed by atoms with Crippen molar-refractivity contribution in [2.45, 2.75) is 32.9 Å². The van der Waals surface area contributed by atoms with E-state index in [0.717, 1.165) is 6.08 Å². The third kappa shape index (κ3) is 5.44. The molecule has 2 rings (SSSR count). The first-order valence-electron chi connectivity index (χ1n) is 8.21. The number of alkyl halides is 3. The molecule has 1 heterocycles. The van der Waals surface area contributed by atoms with Crippen LogP contribution in [0.4, 0.5) is 19.0 Å². The molecule has 0 unspecified atom stereocenters. The van der Waals surface area contributed by atoms with Crippen LogP contribution in [0.2, 0.25) is 0 Å². The maximum atomic E-state index is 12.9. The molecule has 0 spiro atoms. The summed E-state index contributed by atoms with van der Waals surface area (Å²) in [5, 5.41) is 5.16. The van der Waals surface area contributed by atoms with Gasteiger partial charge in [-0.15, -0.1) is 0 Å². The van der Waals surface area contributed by atoms with Gasteiger partial charge in [-0.1, -0.05) is 19.9 Å². The molecule has 0 saturated heterocycles. The van der Waals surface area contributed by atoms with Gasteiger partial charge in [-0.2, -0.15) is 13.2 Å². The third-order valence-corrected chi connectivity index (χ3v) is 3.82. The van der Waals surface area contributed by atoms with E-state index >= 15 is 0 Å². The van der Waals surface area contributed by atoms with E-state index in [0.29, 0.717) is 12.0 Å². The third-order valence-electron chi connectivity index (χ3n) is 3.82. The molecular weight excluding hydrogens is 347 g/mol. The van der Waals surface area contributed by atoms with Crippen LogP contribution in [0, 0.1) is 5.92 Å². The molecule has 1 aliphatic carbocycles. The van der Waals surface area contributed by atoms with E-state index in [-0.39, 0.29) is 36.2 Å². The topological polar surface area (TPSA) is 71.1 Å². The molecule has 0 bridgehead atoms. The van der Waals surface area contributed by atoms with Gasteiger partial charge in [0.05, 0.1) is 5.57 Å². The predicted octanol–water partition coefficient (Wildman–Crippen LogP) is 3.61. The number of anilines is 1. The molecule has 2 N–H and O–H groups in total. The number of hydrogen-bond donors (Lipinski definition) is 2. The summed E-state index contributed by atoms with van der Waals surface area (Å²) < 4.78 is 38.7. The van der Waals surface area contributed by atoms with E-state index < -0.39 is 17.7 Å². The Labute approximate surface area is 149 Å². The Morgan fingerprint density at radius 3 is 2.73 bits per heavy atom. The zero-order valence-corrected chi connectivity index (χ0v) is 14.5. The molecule has 2 amide bonds. The van der Waals surface area contributed by atoms with Crippen molar-refractivity contribution in [2.75, 3.05) is 11.9 Å². The van der Waals surface area contributed by atoms with Gasteiger partial charge >= 0.3 is 6.18 Å². The van der Waals surface area contributed by atoms with Crippen LogP contribution in [0.1, 0.15) is 37.0 Å². The lowest BCUT2D eigenvalue weighted by Gasteiger charge is -2.20. The normalized spacial score (nSPS) is 17.2. The molecule has 8 heteroatoms. The van der Waals surface area contributed by atoms with Gasteiger partial charge in [-0.05, 0) is 36.1 Å². The number of halogens is 3. The first-order chi connectivity index (χ1) is 12.2. The maximum Gasteiger partial charge on any atom is 0.416 e. The average molecular weight is 367 g/mol. The molecule has 140 valence electrons. The first-order valence-corrected chi connectivity index (χ1v) is 8.21. The molecule has 5 nitrogen and oxygen atoms in total. The number of hydrogen-bond acceptors (Lipinski definition) is 3. The fraction of sp³-hybridized carbons (Fsp3) is 0.389. The zero-order chi connectivity index (χ0) is 19.3. The molecule has 1 aliphatic rings. The average Bonchev–Trinajstić information content (AvgIpc) is 2.58. The largest absolute Gasteiger partial charge is 0.416 e. The molecule has 1 atom stereocenters. The quantitative estimate of drug-likeness (QED) is 0.835. The number of rotatable bonds is 5. The van der Waals surface area contributed by atoms with Gasteiger partial charge < -0.3 is 10.6 Å². The van der Waals surface area contributed by atoms with Gasteiger partial charge in [0.2, 0.25) is 5.91 Å². The summed E-state index contributed by atoms with van der Waals surface area (Å²) in [6.07, 6.45) is -0.0157. The van der Waals surface area contributed by atoms with Crippen LogP contribution < -0.4 is 10.6 Å². The summed E-state index contributed by atoms with van der Waals surface area (Å²) in [6.45, 7) is 3.41. The highest BCUT2D eigenvalue weighted by Gasteiger charge is 2.34. The Kier molecular flexibility index (Phi) is 6.18. The van der Waals surface area contributed by atoms with Gasteiger partial charge in [0.25, 0.3) is 5.91 Å². The lowest BCUT2D eigenvalue weighted by molar-refractivity contribution is -0.115. The minimum absolute atomic E-state index is 0.0234. The standard InChI is InChI=1S/C18H20F3N3O2/c1-3-16(25)24-15-9-13(4-5-22-15)17(26)23-10-12-6-11(2)7-14(8-12)18(19,20)21/h4-5,7-9,11H,3,6,10H2,1-2H3,(H,23,26)(H,22,24,25)/t11-/m1/s1. The number of amides is 2. The number of aromatic nitrogens is 1. The summed E-state index contributed by atoms with van der Waals surface area (Å²) in [7, 11) is 0. The van der Waals surface area contributed by atoms with Crippen LogP contribution in [-0.2, 0) is 4.79 Å². The van der Waals surface area contributed by atoms with Crippen molar-refractivity contribution >= 4 is 17.6 Å². The smallest absolute Gasteiger partial charge is 0.348 e. The Morgan fingerprint density at radius 2 is 2.08 bits per heavy atom. The highest BCUT2D eigenvalue weighted by Crippen LogP contribution is 2.33. The lowest BCUT2D eigenvalue weighted by Crippen LogP contribution is -2.27. The summed E-state index contributed by atoms with van der Waals surface area (Å²) in [5.74, 6) is -0.684.